The molecule has 0 saturated heterocycles. The molecular weight excluding hydrogens is 231 g/mol. The van der Waals surface area contributed by atoms with Crippen molar-refractivity contribution < 1.29 is 38.3 Å². The molecule has 0 radical (unpaired) electrons. The van der Waals surface area contributed by atoms with Crippen molar-refractivity contribution in [2.75, 3.05) is 0 Å². The van der Waals surface area contributed by atoms with Gasteiger partial charge in [-0.1, -0.05) is 32.9 Å². The predicted molar refractivity (Wildman–Crippen MR) is 61.8 cm³/mol. The zero-order valence-corrected chi connectivity index (χ0v) is 13.3. The third-order valence-electron chi connectivity index (χ3n) is 2.64. The van der Waals surface area contributed by atoms with E-state index in [9.17, 15) is 8.76 Å². The molecule has 0 saturated carbocycles. The molecule has 16 heavy (non-hydrogen) atoms. The normalized spacial score (nSPS) is 12.0. The Hall–Kier alpha value is 0.330. The van der Waals surface area contributed by atoms with E-state index in [4.69, 9.17) is 0 Å². The van der Waals surface area contributed by atoms with Gasteiger partial charge in [0.2, 0.25) is 0 Å². The van der Waals surface area contributed by atoms with Gasteiger partial charge in [-0.25, -0.2) is 0 Å². The molecule has 0 aliphatic heterocycles. The predicted octanol–water partition coefficient (Wildman–Crippen LogP) is -0.384. The molecule has 1 rings (SSSR count). The molecule has 0 aliphatic rings. The first kappa shape index (κ1) is 16.3. The van der Waals surface area contributed by atoms with Gasteiger partial charge < -0.3 is 4.55 Å². The smallest absolute Gasteiger partial charge is 0.768 e. The Labute approximate surface area is 122 Å². The van der Waals surface area contributed by atoms with E-state index in [0.29, 0.717) is 4.90 Å². The van der Waals surface area contributed by atoms with Gasteiger partial charge >= 0.3 is 29.6 Å². The third-order valence-corrected chi connectivity index (χ3v) is 3.50. The van der Waals surface area contributed by atoms with Crippen LogP contribution in [0.5, 0.6) is 0 Å². The Morgan fingerprint density at radius 1 is 1.06 bits per heavy atom. The molecule has 0 spiro atoms. The first-order valence-electron chi connectivity index (χ1n) is 5.37. The van der Waals surface area contributed by atoms with Gasteiger partial charge in [-0.2, -0.15) is 0 Å². The van der Waals surface area contributed by atoms with E-state index in [2.05, 4.69) is 6.92 Å². The molecule has 4 heteroatoms. The topological polar surface area (TPSA) is 40.1 Å². The summed E-state index contributed by atoms with van der Waals surface area (Å²) in [5.41, 5.74) is 3.11. The minimum atomic E-state index is -2.11. The maximum Gasteiger partial charge on any atom is 1.00 e. The number of rotatable bonds is 4. The van der Waals surface area contributed by atoms with Crippen LogP contribution < -0.4 is 29.6 Å². The summed E-state index contributed by atoms with van der Waals surface area (Å²) in [6.07, 6.45) is 2.49. The van der Waals surface area contributed by atoms with Gasteiger partial charge in [-0.3, -0.25) is 4.21 Å². The summed E-state index contributed by atoms with van der Waals surface area (Å²) in [5, 5.41) is 0. The van der Waals surface area contributed by atoms with Crippen molar-refractivity contribution >= 4 is 11.1 Å². The number of hydrogen-bond donors (Lipinski definition) is 0. The van der Waals surface area contributed by atoms with Crippen LogP contribution in [0.25, 0.3) is 0 Å². The average Bonchev–Trinajstić information content (AvgIpc) is 2.26. The molecule has 1 unspecified atom stereocenters. The molecular formula is C12H17NaO2S. The van der Waals surface area contributed by atoms with Gasteiger partial charge in [0.15, 0.2) is 0 Å². The number of aryl methyl sites for hydroxylation is 3. The first-order valence-corrected chi connectivity index (χ1v) is 6.45. The Morgan fingerprint density at radius 3 is 1.75 bits per heavy atom. The summed E-state index contributed by atoms with van der Waals surface area (Å²) in [6.45, 7) is 6.07. The Balaban J connectivity index is 0.00000225. The molecule has 0 heterocycles. The van der Waals surface area contributed by atoms with Crippen molar-refractivity contribution in [3.8, 4) is 0 Å². The number of hydrogen-bond acceptors (Lipinski definition) is 2. The fourth-order valence-corrected chi connectivity index (χ4v) is 2.60. The number of benzene rings is 1. The molecule has 1 aromatic carbocycles. The van der Waals surface area contributed by atoms with Gasteiger partial charge in [0.05, 0.1) is 0 Å². The molecule has 0 aromatic heterocycles. The van der Waals surface area contributed by atoms with Crippen LogP contribution in [0.3, 0.4) is 0 Å². The summed E-state index contributed by atoms with van der Waals surface area (Å²) < 4.78 is 22.3. The van der Waals surface area contributed by atoms with Gasteiger partial charge in [0.25, 0.3) is 0 Å². The molecule has 0 fully saturated rings. The fourth-order valence-electron chi connectivity index (χ4n) is 1.77. The zero-order valence-electron chi connectivity index (χ0n) is 10.5. The SMILES string of the molecule is CCc1cc(CC)c(S(=O)[O-])c(CC)c1.[Na+]. The van der Waals surface area contributed by atoms with Gasteiger partial charge in [0.1, 0.15) is 0 Å². The molecule has 1 atom stereocenters. The minimum Gasteiger partial charge on any atom is -0.768 e. The van der Waals surface area contributed by atoms with E-state index in [1.54, 1.807) is 0 Å². The minimum absolute atomic E-state index is 0. The van der Waals surface area contributed by atoms with E-state index >= 15 is 0 Å². The van der Waals surface area contributed by atoms with Crippen LogP contribution in [0.2, 0.25) is 0 Å². The molecule has 0 bridgehead atoms. The van der Waals surface area contributed by atoms with Crippen molar-refractivity contribution in [3.05, 3.63) is 28.8 Å². The fraction of sp³-hybridized carbons (Fsp3) is 0.500. The maximum atomic E-state index is 11.2. The van der Waals surface area contributed by atoms with Gasteiger partial charge in [-0.15, -0.1) is 0 Å². The largest absolute Gasteiger partial charge is 1.00 e. The molecule has 1 aromatic rings. The van der Waals surface area contributed by atoms with Crippen molar-refractivity contribution in [2.24, 2.45) is 0 Å². The first-order chi connectivity index (χ1) is 7.13. The van der Waals surface area contributed by atoms with E-state index < -0.39 is 11.1 Å². The average molecular weight is 248 g/mol. The van der Waals surface area contributed by atoms with Crippen LogP contribution in [-0.2, 0) is 30.3 Å². The third kappa shape index (κ3) is 3.67. The summed E-state index contributed by atoms with van der Waals surface area (Å²) in [4.78, 5) is 0.511. The standard InChI is InChI=1S/C12H18O2S.Na/c1-4-9-7-10(5-2)12(15(13)14)11(6-3)8-9;/h7-8H,4-6H2,1-3H3,(H,13,14);/q;+1/p-1. The summed E-state index contributed by atoms with van der Waals surface area (Å²) in [7, 11) is 0. The second-order valence-corrected chi connectivity index (χ2v) is 4.42. The van der Waals surface area contributed by atoms with Crippen LogP contribution in [0, 0.1) is 0 Å². The molecule has 84 valence electrons. The quantitative estimate of drug-likeness (QED) is 0.538. The van der Waals surface area contributed by atoms with Crippen molar-refractivity contribution in [1.82, 2.24) is 0 Å². The van der Waals surface area contributed by atoms with E-state index in [1.807, 2.05) is 26.0 Å². The van der Waals surface area contributed by atoms with Crippen LogP contribution in [-0.4, -0.2) is 8.76 Å². The van der Waals surface area contributed by atoms with Crippen LogP contribution in [0.15, 0.2) is 17.0 Å². The Bertz CT molecular complexity index is 352. The van der Waals surface area contributed by atoms with Crippen molar-refractivity contribution in [3.63, 3.8) is 0 Å². The van der Waals surface area contributed by atoms with Gasteiger partial charge in [-0.05, 0) is 47.0 Å². The van der Waals surface area contributed by atoms with Crippen LogP contribution in [0.1, 0.15) is 37.5 Å². The maximum absolute atomic E-state index is 11.2. The second kappa shape index (κ2) is 7.62. The van der Waals surface area contributed by atoms with E-state index in [1.165, 1.54) is 5.56 Å². The Kier molecular flexibility index (Phi) is 7.77. The van der Waals surface area contributed by atoms with E-state index in [0.717, 1.165) is 30.4 Å². The Morgan fingerprint density at radius 2 is 1.50 bits per heavy atom. The summed E-state index contributed by atoms with van der Waals surface area (Å²) in [6, 6.07) is 4.01. The monoisotopic (exact) mass is 248 g/mol. The summed E-state index contributed by atoms with van der Waals surface area (Å²) >= 11 is -2.11. The summed E-state index contributed by atoms with van der Waals surface area (Å²) in [5.74, 6) is 0. The van der Waals surface area contributed by atoms with Crippen LogP contribution in [0.4, 0.5) is 0 Å². The molecule has 0 N–H and O–H groups in total. The van der Waals surface area contributed by atoms with Crippen molar-refractivity contribution in [2.45, 2.75) is 44.9 Å². The molecule has 2 nitrogen and oxygen atoms in total. The van der Waals surface area contributed by atoms with Crippen molar-refractivity contribution in [1.29, 1.82) is 0 Å². The zero-order chi connectivity index (χ0) is 11.4. The van der Waals surface area contributed by atoms with Gasteiger partial charge in [0, 0.05) is 4.90 Å². The van der Waals surface area contributed by atoms with Crippen LogP contribution >= 0.6 is 0 Å². The molecule has 0 aliphatic carbocycles. The van der Waals surface area contributed by atoms with E-state index in [-0.39, 0.29) is 29.6 Å². The second-order valence-electron chi connectivity index (χ2n) is 3.54. The molecule has 0 amide bonds.